The number of carbonyl (C=O) groups is 1. The van der Waals surface area contributed by atoms with Gasteiger partial charge < -0.3 is 4.74 Å². The van der Waals surface area contributed by atoms with Crippen molar-refractivity contribution in [2.75, 3.05) is 0 Å². The summed E-state index contributed by atoms with van der Waals surface area (Å²) >= 11 is 0. The molecule has 3 aromatic carbocycles. The zero-order valence-electron chi connectivity index (χ0n) is 17.0. The molecule has 0 aliphatic rings. The molecule has 0 unspecified atom stereocenters. The number of halogens is 1. The molecule has 0 saturated heterocycles. The number of fused-ring (bicyclic) bond motifs is 1. The van der Waals surface area contributed by atoms with E-state index in [1.54, 1.807) is 36.4 Å². The van der Waals surface area contributed by atoms with Crippen molar-refractivity contribution in [1.82, 2.24) is 9.55 Å². The fourth-order valence-electron chi connectivity index (χ4n) is 3.37. The van der Waals surface area contributed by atoms with E-state index in [-0.39, 0.29) is 25.0 Å². The van der Waals surface area contributed by atoms with Crippen LogP contribution in [0, 0.1) is 12.7 Å². The first kappa shape index (κ1) is 20.5. The summed E-state index contributed by atoms with van der Waals surface area (Å²) in [5.41, 5.74) is 2.46. The van der Waals surface area contributed by atoms with Crippen molar-refractivity contribution in [3.8, 4) is 5.69 Å². The van der Waals surface area contributed by atoms with Gasteiger partial charge in [0.25, 0.3) is 5.56 Å². The van der Waals surface area contributed by atoms with E-state index in [2.05, 4.69) is 4.98 Å². The summed E-state index contributed by atoms with van der Waals surface area (Å²) in [6.07, 6.45) is 0.231. The highest BCUT2D eigenvalue weighted by molar-refractivity contribution is 5.78. The van der Waals surface area contributed by atoms with Crippen molar-refractivity contribution in [2.45, 2.75) is 26.4 Å². The van der Waals surface area contributed by atoms with Gasteiger partial charge in [0.05, 0.1) is 23.0 Å². The summed E-state index contributed by atoms with van der Waals surface area (Å²) in [4.78, 5) is 30.1. The molecule has 0 bridgehead atoms. The Bertz CT molecular complexity index is 1300. The molecule has 0 atom stereocenters. The Morgan fingerprint density at radius 2 is 1.71 bits per heavy atom. The van der Waals surface area contributed by atoms with E-state index in [4.69, 9.17) is 4.74 Å². The first-order valence-electron chi connectivity index (χ1n) is 9.99. The van der Waals surface area contributed by atoms with Crippen molar-refractivity contribution in [3.05, 3.63) is 106 Å². The molecule has 1 heterocycles. The molecular formula is C25H21FN2O3. The third-order valence-electron chi connectivity index (χ3n) is 5.04. The van der Waals surface area contributed by atoms with E-state index in [1.165, 1.54) is 10.6 Å². The van der Waals surface area contributed by atoms with Gasteiger partial charge in [0.2, 0.25) is 0 Å². The van der Waals surface area contributed by atoms with E-state index < -0.39 is 11.8 Å². The van der Waals surface area contributed by atoms with E-state index >= 15 is 0 Å². The third-order valence-corrected chi connectivity index (χ3v) is 5.04. The largest absolute Gasteiger partial charge is 0.461 e. The van der Waals surface area contributed by atoms with Crippen LogP contribution in [0.3, 0.4) is 0 Å². The van der Waals surface area contributed by atoms with Crippen LogP contribution in [-0.2, 0) is 22.6 Å². The van der Waals surface area contributed by atoms with Crippen LogP contribution >= 0.6 is 0 Å². The highest BCUT2D eigenvalue weighted by atomic mass is 19.1. The van der Waals surface area contributed by atoms with Gasteiger partial charge in [-0.25, -0.2) is 9.37 Å². The number of ether oxygens (including phenoxy) is 1. The van der Waals surface area contributed by atoms with Gasteiger partial charge in [-0.15, -0.1) is 0 Å². The Morgan fingerprint density at radius 1 is 1.00 bits per heavy atom. The topological polar surface area (TPSA) is 61.2 Å². The molecule has 0 radical (unpaired) electrons. The van der Waals surface area contributed by atoms with Gasteiger partial charge in [-0.05, 0) is 37.3 Å². The maximum atomic E-state index is 13.7. The van der Waals surface area contributed by atoms with Gasteiger partial charge in [-0.2, -0.15) is 0 Å². The van der Waals surface area contributed by atoms with Crippen LogP contribution in [0.25, 0.3) is 16.6 Å². The average molecular weight is 416 g/mol. The minimum atomic E-state index is -0.485. The van der Waals surface area contributed by atoms with Gasteiger partial charge in [0.15, 0.2) is 0 Å². The van der Waals surface area contributed by atoms with Crippen molar-refractivity contribution in [2.24, 2.45) is 0 Å². The van der Waals surface area contributed by atoms with Crippen molar-refractivity contribution < 1.29 is 13.9 Å². The second kappa shape index (κ2) is 8.92. The monoisotopic (exact) mass is 416 g/mol. The number of carbonyl (C=O) groups excluding carboxylic acids is 1. The second-order valence-corrected chi connectivity index (χ2v) is 7.27. The SMILES string of the molecule is Cc1ccc(-n2c(CCC(=O)OCc3ccccc3F)nc3ccccc3c2=O)cc1. The Hall–Kier alpha value is -3.80. The number of esters is 1. The molecule has 4 rings (SSSR count). The van der Waals surface area contributed by atoms with Gasteiger partial charge in [0.1, 0.15) is 18.2 Å². The molecule has 156 valence electrons. The van der Waals surface area contributed by atoms with Crippen molar-refractivity contribution >= 4 is 16.9 Å². The predicted octanol–water partition coefficient (Wildman–Crippen LogP) is 4.51. The minimum Gasteiger partial charge on any atom is -0.461 e. The number of nitrogens with zero attached hydrogens (tertiary/aromatic N) is 2. The molecule has 0 saturated carbocycles. The molecule has 0 amide bonds. The van der Waals surface area contributed by atoms with Crippen LogP contribution in [0.15, 0.2) is 77.6 Å². The molecule has 0 aliphatic carbocycles. The number of aromatic nitrogens is 2. The fourth-order valence-corrected chi connectivity index (χ4v) is 3.37. The highest BCUT2D eigenvalue weighted by Gasteiger charge is 2.15. The lowest BCUT2D eigenvalue weighted by atomic mass is 10.2. The zero-order valence-corrected chi connectivity index (χ0v) is 17.0. The maximum absolute atomic E-state index is 13.7. The third kappa shape index (κ3) is 4.53. The smallest absolute Gasteiger partial charge is 0.306 e. The van der Waals surface area contributed by atoms with Gasteiger partial charge in [-0.1, -0.05) is 48.0 Å². The lowest BCUT2D eigenvalue weighted by Crippen LogP contribution is -2.24. The number of rotatable bonds is 6. The molecular weight excluding hydrogens is 395 g/mol. The van der Waals surface area contributed by atoms with Gasteiger partial charge in [-0.3, -0.25) is 14.2 Å². The molecule has 0 N–H and O–H groups in total. The first-order valence-corrected chi connectivity index (χ1v) is 9.99. The van der Waals surface area contributed by atoms with Crippen molar-refractivity contribution in [1.29, 1.82) is 0 Å². The molecule has 5 nitrogen and oxygen atoms in total. The lowest BCUT2D eigenvalue weighted by Gasteiger charge is -2.14. The highest BCUT2D eigenvalue weighted by Crippen LogP contribution is 2.16. The standard InChI is InChI=1S/C25H21FN2O3/c1-17-10-12-19(13-11-17)28-23(27-22-9-5-3-7-20(22)25(28)30)14-15-24(29)31-16-18-6-2-4-8-21(18)26/h2-13H,14-16H2,1H3. The lowest BCUT2D eigenvalue weighted by molar-refractivity contribution is -0.145. The van der Waals surface area contributed by atoms with Gasteiger partial charge >= 0.3 is 5.97 Å². The van der Waals surface area contributed by atoms with Crippen molar-refractivity contribution in [3.63, 3.8) is 0 Å². The number of aryl methyl sites for hydroxylation is 2. The summed E-state index contributed by atoms with van der Waals surface area (Å²) in [7, 11) is 0. The molecule has 6 heteroatoms. The number of para-hydroxylation sites is 1. The molecule has 0 spiro atoms. The molecule has 4 aromatic rings. The summed E-state index contributed by atoms with van der Waals surface area (Å²) in [6, 6.07) is 20.8. The molecule has 1 aromatic heterocycles. The molecule has 31 heavy (non-hydrogen) atoms. The summed E-state index contributed by atoms with van der Waals surface area (Å²) in [5.74, 6) is -0.434. The van der Waals surface area contributed by atoms with Crippen LogP contribution in [0.1, 0.15) is 23.4 Å². The summed E-state index contributed by atoms with van der Waals surface area (Å²) in [6.45, 7) is 1.83. The zero-order chi connectivity index (χ0) is 21.8. The fraction of sp³-hybridized carbons (Fsp3) is 0.160. The predicted molar refractivity (Wildman–Crippen MR) is 117 cm³/mol. The molecule has 0 fully saturated rings. The number of hydrogen-bond acceptors (Lipinski definition) is 4. The average Bonchev–Trinajstić information content (AvgIpc) is 2.78. The Morgan fingerprint density at radius 3 is 2.48 bits per heavy atom. The number of benzene rings is 3. The number of hydrogen-bond donors (Lipinski definition) is 0. The van der Waals surface area contributed by atoms with Gasteiger partial charge in [0, 0.05) is 12.0 Å². The van der Waals surface area contributed by atoms with Crippen LogP contribution in [0.2, 0.25) is 0 Å². The Kier molecular flexibility index (Phi) is 5.89. The van der Waals surface area contributed by atoms with Crippen LogP contribution in [-0.4, -0.2) is 15.5 Å². The normalized spacial score (nSPS) is 10.9. The summed E-state index contributed by atoms with van der Waals surface area (Å²) in [5, 5.41) is 0.508. The minimum absolute atomic E-state index is 0.0189. The second-order valence-electron chi connectivity index (χ2n) is 7.27. The van der Waals surface area contributed by atoms with E-state index in [0.717, 1.165) is 5.56 Å². The van der Waals surface area contributed by atoms with E-state index in [0.29, 0.717) is 28.0 Å². The maximum Gasteiger partial charge on any atom is 0.306 e. The van der Waals surface area contributed by atoms with E-state index in [9.17, 15) is 14.0 Å². The van der Waals surface area contributed by atoms with Crippen LogP contribution in [0.5, 0.6) is 0 Å². The Balaban J connectivity index is 1.59. The van der Waals surface area contributed by atoms with Crippen LogP contribution in [0.4, 0.5) is 4.39 Å². The molecule has 0 aliphatic heterocycles. The van der Waals surface area contributed by atoms with E-state index in [1.807, 2.05) is 37.3 Å². The quantitative estimate of drug-likeness (QED) is 0.434. The van der Waals surface area contributed by atoms with Crippen LogP contribution < -0.4 is 5.56 Å². The Labute approximate surface area is 178 Å². The summed E-state index contributed by atoms with van der Waals surface area (Å²) < 4.78 is 20.5. The first-order chi connectivity index (χ1) is 15.0.